The lowest BCUT2D eigenvalue weighted by molar-refractivity contribution is 0.376. The average molecular weight is 368 g/mol. The zero-order valence-electron chi connectivity index (χ0n) is 14.2. The fourth-order valence-electron chi connectivity index (χ4n) is 3.31. The van der Waals surface area contributed by atoms with E-state index in [4.69, 9.17) is 11.6 Å². The first-order valence-corrected chi connectivity index (χ1v) is 10.3. The third kappa shape index (κ3) is 3.23. The van der Waals surface area contributed by atoms with Crippen molar-refractivity contribution in [3.05, 3.63) is 35.1 Å². The first-order valence-electron chi connectivity index (χ1n) is 7.99. The summed E-state index contributed by atoms with van der Waals surface area (Å²) < 4.78 is 25.6. The number of nitrogens with one attached hydrogen (secondary N) is 1. The first kappa shape index (κ1) is 17.5. The second-order valence-electron chi connectivity index (χ2n) is 6.77. The number of nitrogens with zero attached hydrogens (tertiary/aromatic N) is 2. The molecule has 5 nitrogen and oxygen atoms in total. The Labute approximate surface area is 148 Å². The Morgan fingerprint density at radius 1 is 1.33 bits per heavy atom. The number of halogens is 1. The average Bonchev–Trinajstić information content (AvgIpc) is 2.48. The van der Waals surface area contributed by atoms with Gasteiger partial charge in [0.2, 0.25) is 10.0 Å². The normalized spacial score (nSPS) is 21.3. The van der Waals surface area contributed by atoms with Gasteiger partial charge in [-0.3, -0.25) is 0 Å². The Bertz CT molecular complexity index is 883. The van der Waals surface area contributed by atoms with Gasteiger partial charge in [0.15, 0.2) is 0 Å². The molecule has 7 heteroatoms. The van der Waals surface area contributed by atoms with Gasteiger partial charge in [-0.15, -0.1) is 0 Å². The maximum atomic E-state index is 11.4. The maximum Gasteiger partial charge on any atom is 0.209 e. The second-order valence-corrected chi connectivity index (χ2v) is 8.94. The molecule has 0 radical (unpaired) electrons. The van der Waals surface area contributed by atoms with Crippen LogP contribution in [0.3, 0.4) is 0 Å². The molecule has 1 fully saturated rings. The summed E-state index contributed by atoms with van der Waals surface area (Å²) in [5, 5.41) is 2.64. The van der Waals surface area contributed by atoms with Gasteiger partial charge < -0.3 is 4.90 Å². The lowest BCUT2D eigenvalue weighted by Crippen LogP contribution is -2.65. The molecule has 0 aliphatic carbocycles. The van der Waals surface area contributed by atoms with Crippen molar-refractivity contribution in [1.82, 2.24) is 9.71 Å². The molecule has 0 saturated carbocycles. The van der Waals surface area contributed by atoms with Crippen molar-refractivity contribution in [2.45, 2.75) is 38.8 Å². The largest absolute Gasteiger partial charge is 0.365 e. The smallest absolute Gasteiger partial charge is 0.209 e. The molecule has 0 unspecified atom stereocenters. The summed E-state index contributed by atoms with van der Waals surface area (Å²) in [6.07, 6.45) is 3.00. The molecular formula is C17H22ClN3O2S. The van der Waals surface area contributed by atoms with Gasteiger partial charge in [-0.05, 0) is 35.9 Å². The van der Waals surface area contributed by atoms with E-state index in [1.165, 1.54) is 11.8 Å². The van der Waals surface area contributed by atoms with Crippen LogP contribution in [0.1, 0.15) is 32.3 Å². The zero-order valence-corrected chi connectivity index (χ0v) is 15.8. The van der Waals surface area contributed by atoms with Gasteiger partial charge in [0.05, 0.1) is 12.3 Å². The fraction of sp³-hybridized carbons (Fsp3) is 0.471. The number of anilines is 1. The minimum Gasteiger partial charge on any atom is -0.365 e. The van der Waals surface area contributed by atoms with Gasteiger partial charge >= 0.3 is 0 Å². The van der Waals surface area contributed by atoms with E-state index < -0.39 is 10.0 Å². The van der Waals surface area contributed by atoms with Crippen molar-refractivity contribution >= 4 is 38.1 Å². The van der Waals surface area contributed by atoms with E-state index >= 15 is 0 Å². The minimum absolute atomic E-state index is 0.0694. The standard InChI is InChI=1S/C17H22ClN3O2S/c1-10(2)12-5-6-16(14-8-19-17(18)7-13(12)14)21-9-15(11(21)3)20-24(4,22)23/h5-8,10-11,15,20H,9H2,1-4H3/t11-,15+/m1/s1. The Morgan fingerprint density at radius 3 is 2.62 bits per heavy atom. The highest BCUT2D eigenvalue weighted by molar-refractivity contribution is 7.88. The van der Waals surface area contributed by atoms with Crippen molar-refractivity contribution < 1.29 is 8.42 Å². The Balaban J connectivity index is 1.99. The molecule has 1 aromatic heterocycles. The Hall–Kier alpha value is -1.37. The summed E-state index contributed by atoms with van der Waals surface area (Å²) in [6, 6.07) is 6.15. The second kappa shape index (κ2) is 6.17. The fourth-order valence-corrected chi connectivity index (χ4v) is 4.29. The summed E-state index contributed by atoms with van der Waals surface area (Å²) >= 11 is 6.10. The number of sulfonamides is 1. The summed E-state index contributed by atoms with van der Waals surface area (Å²) in [5.41, 5.74) is 2.30. The molecule has 1 aliphatic heterocycles. The van der Waals surface area contributed by atoms with Gasteiger partial charge in [-0.2, -0.15) is 0 Å². The molecule has 1 N–H and O–H groups in total. The number of hydrogen-bond acceptors (Lipinski definition) is 4. The SMILES string of the molecule is CC(C)c1ccc(N2C[C@H](NS(C)(=O)=O)[C@H]2C)c2cnc(Cl)cc12. The summed E-state index contributed by atoms with van der Waals surface area (Å²) in [4.78, 5) is 6.44. The number of fused-ring (bicyclic) bond motifs is 1. The van der Waals surface area contributed by atoms with Gasteiger partial charge in [-0.1, -0.05) is 31.5 Å². The number of hydrogen-bond donors (Lipinski definition) is 1. The molecule has 24 heavy (non-hydrogen) atoms. The zero-order chi connectivity index (χ0) is 17.6. The number of rotatable bonds is 4. The third-order valence-electron chi connectivity index (χ3n) is 4.64. The highest BCUT2D eigenvalue weighted by Gasteiger charge is 2.38. The van der Waals surface area contributed by atoms with E-state index in [9.17, 15) is 8.42 Å². The van der Waals surface area contributed by atoms with Crippen molar-refractivity contribution in [1.29, 1.82) is 0 Å². The quantitative estimate of drug-likeness (QED) is 0.843. The number of benzene rings is 1. The maximum absolute atomic E-state index is 11.4. The van der Waals surface area contributed by atoms with E-state index in [1.54, 1.807) is 0 Å². The number of aromatic nitrogens is 1. The van der Waals surface area contributed by atoms with Crippen LogP contribution in [0, 0.1) is 0 Å². The minimum atomic E-state index is -3.20. The van der Waals surface area contributed by atoms with E-state index in [2.05, 4.69) is 40.6 Å². The molecule has 2 aromatic rings. The first-order chi connectivity index (χ1) is 11.2. The molecular weight excluding hydrogens is 346 g/mol. The lowest BCUT2D eigenvalue weighted by atomic mass is 9.92. The molecule has 0 spiro atoms. The van der Waals surface area contributed by atoms with Crippen LogP contribution < -0.4 is 9.62 Å². The molecule has 130 valence electrons. The highest BCUT2D eigenvalue weighted by Crippen LogP contribution is 2.37. The van der Waals surface area contributed by atoms with Crippen LogP contribution in [0.5, 0.6) is 0 Å². The van der Waals surface area contributed by atoms with Crippen LogP contribution in [-0.4, -0.2) is 38.3 Å². The molecule has 2 atom stereocenters. The van der Waals surface area contributed by atoms with Gasteiger partial charge in [-0.25, -0.2) is 18.1 Å². The van der Waals surface area contributed by atoms with Crippen LogP contribution in [0.4, 0.5) is 5.69 Å². The summed E-state index contributed by atoms with van der Waals surface area (Å²) in [7, 11) is -3.20. The van der Waals surface area contributed by atoms with Crippen molar-refractivity contribution in [2.24, 2.45) is 0 Å². The topological polar surface area (TPSA) is 62.3 Å². The molecule has 0 bridgehead atoms. The molecule has 1 aromatic carbocycles. The van der Waals surface area contributed by atoms with E-state index in [-0.39, 0.29) is 12.1 Å². The molecule has 0 amide bonds. The molecule has 2 heterocycles. The van der Waals surface area contributed by atoms with Gasteiger partial charge in [0.25, 0.3) is 0 Å². The van der Waals surface area contributed by atoms with Crippen LogP contribution in [0.15, 0.2) is 24.4 Å². The lowest BCUT2D eigenvalue weighted by Gasteiger charge is -2.48. The predicted octanol–water partition coefficient (Wildman–Crippen LogP) is 3.14. The Kier molecular flexibility index (Phi) is 4.49. The third-order valence-corrected chi connectivity index (χ3v) is 5.58. The number of pyridine rings is 1. The monoisotopic (exact) mass is 367 g/mol. The summed E-state index contributed by atoms with van der Waals surface area (Å²) in [5.74, 6) is 0.383. The Morgan fingerprint density at radius 2 is 2.04 bits per heavy atom. The molecule has 3 rings (SSSR count). The summed E-state index contributed by atoms with van der Waals surface area (Å²) in [6.45, 7) is 6.98. The van der Waals surface area contributed by atoms with Crippen LogP contribution in [-0.2, 0) is 10.0 Å². The molecule has 1 saturated heterocycles. The van der Waals surface area contributed by atoms with Crippen molar-refractivity contribution in [3.8, 4) is 0 Å². The van der Waals surface area contributed by atoms with Crippen molar-refractivity contribution in [3.63, 3.8) is 0 Å². The molecule has 1 aliphatic rings. The predicted molar refractivity (Wildman–Crippen MR) is 99.4 cm³/mol. The van der Waals surface area contributed by atoms with E-state index in [0.29, 0.717) is 17.6 Å². The van der Waals surface area contributed by atoms with Crippen LogP contribution in [0.2, 0.25) is 5.15 Å². The van der Waals surface area contributed by atoms with E-state index in [0.717, 1.165) is 16.5 Å². The van der Waals surface area contributed by atoms with Gasteiger partial charge in [0.1, 0.15) is 5.15 Å². The van der Waals surface area contributed by atoms with Gasteiger partial charge in [0, 0.05) is 29.9 Å². The highest BCUT2D eigenvalue weighted by atomic mass is 35.5. The van der Waals surface area contributed by atoms with Crippen molar-refractivity contribution in [2.75, 3.05) is 17.7 Å². The van der Waals surface area contributed by atoms with Crippen LogP contribution in [0.25, 0.3) is 10.8 Å². The van der Waals surface area contributed by atoms with E-state index in [1.807, 2.05) is 19.2 Å². The van der Waals surface area contributed by atoms with Crippen LogP contribution >= 0.6 is 11.6 Å².